The van der Waals surface area contributed by atoms with Crippen LogP contribution in [0.25, 0.3) is 76.9 Å². The molecule has 11 rings (SSSR count). The van der Waals surface area contributed by atoms with E-state index >= 15 is 0 Å². The molecule has 0 saturated heterocycles. The van der Waals surface area contributed by atoms with Gasteiger partial charge >= 0.3 is 0 Å². The molecule has 1 aliphatic heterocycles. The van der Waals surface area contributed by atoms with E-state index in [0.29, 0.717) is 0 Å². The van der Waals surface area contributed by atoms with Gasteiger partial charge in [-0.05, 0) is 104 Å². The molecule has 8 aromatic carbocycles. The summed E-state index contributed by atoms with van der Waals surface area (Å²) in [6.45, 7) is 4.97. The molecule has 10 aromatic rings. The number of rotatable bonds is 4. The first-order valence-corrected chi connectivity index (χ1v) is 20.9. The fourth-order valence-electron chi connectivity index (χ4n) is 8.66. The second kappa shape index (κ2) is 10.8. The molecule has 0 amide bonds. The molecule has 0 unspecified atom stereocenters. The predicted molar refractivity (Wildman–Crippen MR) is 221 cm³/mol. The highest BCUT2D eigenvalue weighted by Gasteiger charge is 2.39. The molecule has 1 aliphatic rings. The number of hydrogen-bond donors (Lipinski definition) is 0. The average Bonchev–Trinajstić information content (AvgIpc) is 3.82. The third-order valence-corrected chi connectivity index (χ3v) is 14.8. The van der Waals surface area contributed by atoms with Crippen molar-refractivity contribution < 1.29 is 8.83 Å². The standard InChI is InChI=1S/C48H33NO2Si/c1-52(2)45-25-24-43-47(39-15-6-8-17-42(39)50-43)48(45)40-23-21-36(29-46(40)52)49(35-20-22-38-37-14-5-7-16-41(37)51-44(38)28-35)34-13-9-12-32(27-34)33-19-18-30-10-3-4-11-31(30)26-33/h3-29H,1-2H3. The van der Waals surface area contributed by atoms with Crippen molar-refractivity contribution >= 4 is 90.2 Å². The van der Waals surface area contributed by atoms with Gasteiger partial charge in [0.05, 0.1) is 0 Å². The van der Waals surface area contributed by atoms with E-state index in [9.17, 15) is 0 Å². The van der Waals surface area contributed by atoms with Gasteiger partial charge in [-0.15, -0.1) is 0 Å². The van der Waals surface area contributed by atoms with Crippen LogP contribution in [0.1, 0.15) is 0 Å². The second-order valence-corrected chi connectivity index (χ2v) is 18.9. The fourth-order valence-corrected chi connectivity index (χ4v) is 11.7. The van der Waals surface area contributed by atoms with Crippen molar-refractivity contribution in [2.24, 2.45) is 0 Å². The maximum atomic E-state index is 6.44. The Balaban J connectivity index is 1.12. The van der Waals surface area contributed by atoms with Crippen LogP contribution in [-0.4, -0.2) is 8.07 Å². The lowest BCUT2D eigenvalue weighted by molar-refractivity contribution is 0.668. The number of para-hydroxylation sites is 2. The zero-order valence-corrected chi connectivity index (χ0v) is 29.9. The molecule has 0 N–H and O–H groups in total. The molecule has 4 heteroatoms. The zero-order valence-electron chi connectivity index (χ0n) is 28.9. The molecule has 3 nitrogen and oxygen atoms in total. The molecule has 0 atom stereocenters. The molecule has 0 spiro atoms. The Morgan fingerprint density at radius 1 is 0.423 bits per heavy atom. The first-order chi connectivity index (χ1) is 25.5. The number of fused-ring (bicyclic) bond motifs is 11. The van der Waals surface area contributed by atoms with Crippen LogP contribution < -0.4 is 15.3 Å². The summed E-state index contributed by atoms with van der Waals surface area (Å²) in [6, 6.07) is 59.2. The summed E-state index contributed by atoms with van der Waals surface area (Å²) in [5.74, 6) is 0. The summed E-state index contributed by atoms with van der Waals surface area (Å²) >= 11 is 0. The van der Waals surface area contributed by atoms with Gasteiger partial charge < -0.3 is 13.7 Å². The summed E-state index contributed by atoms with van der Waals surface area (Å²) < 4.78 is 12.8. The van der Waals surface area contributed by atoms with E-state index in [2.05, 4.69) is 170 Å². The second-order valence-electron chi connectivity index (χ2n) is 14.5. The lowest BCUT2D eigenvalue weighted by atomic mass is 9.98. The van der Waals surface area contributed by atoms with E-state index < -0.39 is 8.07 Å². The lowest BCUT2D eigenvalue weighted by Crippen LogP contribution is -2.49. The van der Waals surface area contributed by atoms with Crippen molar-refractivity contribution in [1.29, 1.82) is 0 Å². The Kier molecular flexibility index (Phi) is 6.11. The SMILES string of the molecule is C[Si]1(C)c2cc(N(c3cccc(-c4ccc5ccccc5c4)c3)c3ccc4c(c3)oc3ccccc34)ccc2-c2c1ccc1oc3ccccc3c21. The first-order valence-electron chi connectivity index (χ1n) is 17.9. The van der Waals surface area contributed by atoms with Gasteiger partial charge in [0.15, 0.2) is 0 Å². The molecule has 0 aliphatic carbocycles. The monoisotopic (exact) mass is 683 g/mol. The Hall–Kier alpha value is -6.36. The van der Waals surface area contributed by atoms with E-state index in [0.717, 1.165) is 50.2 Å². The molecule has 0 bridgehead atoms. The predicted octanol–water partition coefficient (Wildman–Crippen LogP) is 12.6. The van der Waals surface area contributed by atoms with E-state index in [1.54, 1.807) is 0 Å². The molecular formula is C48H33NO2Si. The summed E-state index contributed by atoms with van der Waals surface area (Å²) in [4.78, 5) is 2.40. The summed E-state index contributed by atoms with van der Waals surface area (Å²) in [7, 11) is -2.08. The van der Waals surface area contributed by atoms with E-state index in [1.807, 2.05) is 12.1 Å². The van der Waals surface area contributed by atoms with Crippen molar-refractivity contribution in [3.05, 3.63) is 164 Å². The number of anilines is 3. The molecule has 2 aromatic heterocycles. The number of benzene rings is 8. The van der Waals surface area contributed by atoms with Gasteiger partial charge in [0.2, 0.25) is 0 Å². The van der Waals surface area contributed by atoms with Crippen LogP contribution in [-0.2, 0) is 0 Å². The normalized spacial score (nSPS) is 13.3. The molecule has 0 radical (unpaired) electrons. The third-order valence-electron chi connectivity index (χ3n) is 11.2. The van der Waals surface area contributed by atoms with Crippen molar-refractivity contribution in [1.82, 2.24) is 0 Å². The fraction of sp³-hybridized carbons (Fsp3) is 0.0417. The van der Waals surface area contributed by atoms with Crippen molar-refractivity contribution in [3.63, 3.8) is 0 Å². The Morgan fingerprint density at radius 2 is 1.10 bits per heavy atom. The van der Waals surface area contributed by atoms with Crippen LogP contribution >= 0.6 is 0 Å². The van der Waals surface area contributed by atoms with Crippen LogP contribution in [0.5, 0.6) is 0 Å². The Bertz CT molecular complexity index is 3080. The smallest absolute Gasteiger partial charge is 0.137 e. The minimum Gasteiger partial charge on any atom is -0.456 e. The number of nitrogens with zero attached hydrogens (tertiary/aromatic N) is 1. The number of furan rings is 2. The van der Waals surface area contributed by atoms with Gasteiger partial charge in [0.25, 0.3) is 0 Å². The molecule has 3 heterocycles. The molecular weight excluding hydrogens is 651 g/mol. The molecule has 0 fully saturated rings. The van der Waals surface area contributed by atoms with E-state index in [-0.39, 0.29) is 0 Å². The van der Waals surface area contributed by atoms with Gasteiger partial charge in [0, 0.05) is 44.7 Å². The van der Waals surface area contributed by atoms with Crippen LogP contribution in [0.2, 0.25) is 13.1 Å². The molecule has 246 valence electrons. The Morgan fingerprint density at radius 3 is 1.98 bits per heavy atom. The van der Waals surface area contributed by atoms with Crippen LogP contribution in [0.3, 0.4) is 0 Å². The van der Waals surface area contributed by atoms with Crippen LogP contribution in [0, 0.1) is 0 Å². The van der Waals surface area contributed by atoms with Crippen molar-refractivity contribution in [2.45, 2.75) is 13.1 Å². The average molecular weight is 684 g/mol. The lowest BCUT2D eigenvalue weighted by Gasteiger charge is -2.28. The highest BCUT2D eigenvalue weighted by atomic mass is 28.3. The largest absolute Gasteiger partial charge is 0.456 e. The van der Waals surface area contributed by atoms with Gasteiger partial charge in [-0.1, -0.05) is 110 Å². The van der Waals surface area contributed by atoms with Crippen LogP contribution in [0.15, 0.2) is 173 Å². The maximum Gasteiger partial charge on any atom is 0.137 e. The van der Waals surface area contributed by atoms with Crippen molar-refractivity contribution in [2.75, 3.05) is 4.90 Å². The highest BCUT2D eigenvalue weighted by molar-refractivity contribution is 7.04. The molecule has 0 saturated carbocycles. The summed E-state index contributed by atoms with van der Waals surface area (Å²) in [5, 5.41) is 10.1. The maximum absolute atomic E-state index is 6.44. The third kappa shape index (κ3) is 4.25. The van der Waals surface area contributed by atoms with Crippen molar-refractivity contribution in [3.8, 4) is 22.3 Å². The minimum atomic E-state index is -2.08. The summed E-state index contributed by atoms with van der Waals surface area (Å²) in [6.07, 6.45) is 0. The first kappa shape index (κ1) is 29.4. The van der Waals surface area contributed by atoms with Gasteiger partial charge in [-0.3, -0.25) is 0 Å². The summed E-state index contributed by atoms with van der Waals surface area (Å²) in [5.41, 5.74) is 12.0. The topological polar surface area (TPSA) is 29.5 Å². The van der Waals surface area contributed by atoms with Gasteiger partial charge in [-0.2, -0.15) is 0 Å². The highest BCUT2D eigenvalue weighted by Crippen LogP contribution is 2.44. The van der Waals surface area contributed by atoms with Crippen LogP contribution in [0.4, 0.5) is 17.1 Å². The molecule has 52 heavy (non-hydrogen) atoms. The minimum absolute atomic E-state index is 0.881. The Labute approximate surface area is 302 Å². The van der Waals surface area contributed by atoms with Gasteiger partial charge in [-0.25, -0.2) is 0 Å². The van der Waals surface area contributed by atoms with E-state index in [1.165, 1.54) is 54.2 Å². The van der Waals surface area contributed by atoms with E-state index in [4.69, 9.17) is 8.83 Å². The van der Waals surface area contributed by atoms with Gasteiger partial charge in [0.1, 0.15) is 30.4 Å². The zero-order chi connectivity index (χ0) is 34.6. The number of hydrogen-bond acceptors (Lipinski definition) is 3. The quantitative estimate of drug-likeness (QED) is 0.173.